The van der Waals surface area contributed by atoms with Gasteiger partial charge in [-0.3, -0.25) is 0 Å². The number of hydrogen-bond donors (Lipinski definition) is 0. The zero-order valence-corrected chi connectivity index (χ0v) is 14.4. The highest BCUT2D eigenvalue weighted by atomic mass is 79.9. The van der Waals surface area contributed by atoms with Crippen LogP contribution < -0.4 is 4.74 Å². The van der Waals surface area contributed by atoms with Crippen molar-refractivity contribution in [3.05, 3.63) is 28.2 Å². The average Bonchev–Trinajstić information content (AvgIpc) is 2.24. The molecule has 1 aromatic carbocycles. The topological polar surface area (TPSA) is 18.5 Å². The molecule has 0 saturated carbocycles. The molecule has 0 amide bonds. The summed E-state index contributed by atoms with van der Waals surface area (Å²) in [7, 11) is 1.62. The molecule has 3 heteroatoms. The molecule has 0 spiro atoms. The fourth-order valence-electron chi connectivity index (χ4n) is 2.59. The zero-order chi connectivity index (χ0) is 14.7. The van der Waals surface area contributed by atoms with Crippen molar-refractivity contribution in [1.29, 1.82) is 0 Å². The van der Waals surface area contributed by atoms with Crippen LogP contribution in [0.2, 0.25) is 0 Å². The van der Waals surface area contributed by atoms with E-state index in [4.69, 9.17) is 9.47 Å². The van der Waals surface area contributed by atoms with E-state index in [2.05, 4.69) is 62.7 Å². The fraction of sp³-hybridized carbons (Fsp3) is 0.625. The summed E-state index contributed by atoms with van der Waals surface area (Å²) in [6, 6.07) is 6.29. The molecule has 1 aromatic rings. The molecular formula is C16H25BrO2. The molecule has 0 fully saturated rings. The van der Waals surface area contributed by atoms with Gasteiger partial charge >= 0.3 is 0 Å². The van der Waals surface area contributed by atoms with Gasteiger partial charge in [-0.15, -0.1) is 0 Å². The second-order valence-electron chi connectivity index (χ2n) is 6.82. The summed E-state index contributed by atoms with van der Waals surface area (Å²) in [5.74, 6) is 0.817. The van der Waals surface area contributed by atoms with Gasteiger partial charge in [-0.2, -0.15) is 0 Å². The third-order valence-electron chi connectivity index (χ3n) is 3.02. The summed E-state index contributed by atoms with van der Waals surface area (Å²) in [4.78, 5) is 0. The second kappa shape index (κ2) is 6.27. The predicted octanol–water partition coefficient (Wildman–Crippen LogP) is 5.15. The van der Waals surface area contributed by atoms with E-state index >= 15 is 0 Å². The first-order chi connectivity index (χ1) is 8.65. The molecule has 19 heavy (non-hydrogen) atoms. The highest BCUT2D eigenvalue weighted by molar-refractivity contribution is 9.10. The van der Waals surface area contributed by atoms with Crippen LogP contribution in [-0.4, -0.2) is 13.9 Å². The third-order valence-corrected chi connectivity index (χ3v) is 3.64. The molecule has 1 rings (SSSR count). The van der Waals surface area contributed by atoms with Crippen molar-refractivity contribution in [1.82, 2.24) is 0 Å². The van der Waals surface area contributed by atoms with E-state index in [9.17, 15) is 0 Å². The Kier molecular flexibility index (Phi) is 5.45. The molecule has 0 bridgehead atoms. The summed E-state index contributed by atoms with van der Waals surface area (Å²) in [6.45, 7) is 11.7. The Morgan fingerprint density at radius 2 is 1.74 bits per heavy atom. The molecule has 0 aliphatic carbocycles. The summed E-state index contributed by atoms with van der Waals surface area (Å²) in [6.07, 6.45) is 1.13. The standard InChI is InChI=1S/C16H25BrO2/c1-15(2,3)10-16(4,5)12-7-8-14(13(17)9-12)19-11-18-6/h7-9H,10-11H2,1-6H3. The van der Waals surface area contributed by atoms with Gasteiger partial charge in [0.25, 0.3) is 0 Å². The predicted molar refractivity (Wildman–Crippen MR) is 83.7 cm³/mol. The van der Waals surface area contributed by atoms with E-state index in [-0.39, 0.29) is 12.2 Å². The van der Waals surface area contributed by atoms with Crippen LogP contribution in [0.5, 0.6) is 5.75 Å². The van der Waals surface area contributed by atoms with Crippen molar-refractivity contribution in [3.63, 3.8) is 0 Å². The number of rotatable bonds is 5. The first-order valence-corrected chi connectivity index (χ1v) is 7.37. The number of benzene rings is 1. The van der Waals surface area contributed by atoms with Crippen LogP contribution in [0.1, 0.15) is 46.6 Å². The van der Waals surface area contributed by atoms with Gasteiger partial charge in [0.2, 0.25) is 0 Å². The number of hydrogen-bond acceptors (Lipinski definition) is 2. The summed E-state index contributed by atoms with van der Waals surface area (Å²) in [5, 5.41) is 0. The first-order valence-electron chi connectivity index (χ1n) is 6.57. The van der Waals surface area contributed by atoms with Gasteiger partial charge in [0.1, 0.15) is 5.75 Å². The van der Waals surface area contributed by atoms with Crippen LogP contribution in [0.4, 0.5) is 0 Å². The normalized spacial score (nSPS) is 12.6. The van der Waals surface area contributed by atoms with E-state index in [1.807, 2.05) is 6.07 Å². The van der Waals surface area contributed by atoms with Gasteiger partial charge in [-0.05, 0) is 50.9 Å². The Bertz CT molecular complexity index is 419. The van der Waals surface area contributed by atoms with Crippen molar-refractivity contribution in [2.24, 2.45) is 5.41 Å². The molecule has 0 heterocycles. The lowest BCUT2D eigenvalue weighted by atomic mass is 9.72. The monoisotopic (exact) mass is 328 g/mol. The van der Waals surface area contributed by atoms with Crippen LogP contribution in [-0.2, 0) is 10.2 Å². The van der Waals surface area contributed by atoms with E-state index in [1.54, 1.807) is 7.11 Å². The minimum Gasteiger partial charge on any atom is -0.466 e. The zero-order valence-electron chi connectivity index (χ0n) is 12.8. The quantitative estimate of drug-likeness (QED) is 0.696. The van der Waals surface area contributed by atoms with Crippen LogP contribution in [0.3, 0.4) is 0 Å². The maximum Gasteiger partial charge on any atom is 0.188 e. The van der Waals surface area contributed by atoms with E-state index in [0.717, 1.165) is 16.6 Å². The van der Waals surface area contributed by atoms with Crippen molar-refractivity contribution in [3.8, 4) is 5.75 Å². The first kappa shape index (κ1) is 16.5. The molecule has 108 valence electrons. The smallest absolute Gasteiger partial charge is 0.188 e. The lowest BCUT2D eigenvalue weighted by Crippen LogP contribution is -2.24. The Morgan fingerprint density at radius 1 is 1.11 bits per heavy atom. The third kappa shape index (κ3) is 5.15. The van der Waals surface area contributed by atoms with Crippen molar-refractivity contribution < 1.29 is 9.47 Å². The van der Waals surface area contributed by atoms with E-state index in [1.165, 1.54) is 5.56 Å². The Balaban J connectivity index is 2.93. The molecule has 0 aliphatic rings. The molecule has 0 aromatic heterocycles. The number of ether oxygens (including phenoxy) is 2. The minimum atomic E-state index is 0.139. The number of methoxy groups -OCH3 is 1. The van der Waals surface area contributed by atoms with E-state index in [0.29, 0.717) is 5.41 Å². The van der Waals surface area contributed by atoms with Crippen LogP contribution >= 0.6 is 15.9 Å². The molecule has 0 atom stereocenters. The summed E-state index contributed by atoms with van der Waals surface area (Å²) in [5.41, 5.74) is 1.76. The van der Waals surface area contributed by atoms with E-state index < -0.39 is 0 Å². The Labute approximate surface area is 125 Å². The van der Waals surface area contributed by atoms with Gasteiger partial charge < -0.3 is 9.47 Å². The van der Waals surface area contributed by atoms with Crippen LogP contribution in [0, 0.1) is 5.41 Å². The van der Waals surface area contributed by atoms with Gasteiger partial charge in [-0.25, -0.2) is 0 Å². The Hall–Kier alpha value is -0.540. The maximum atomic E-state index is 5.49. The second-order valence-corrected chi connectivity index (χ2v) is 7.67. The molecule has 2 nitrogen and oxygen atoms in total. The maximum absolute atomic E-state index is 5.49. The van der Waals surface area contributed by atoms with Crippen LogP contribution in [0.15, 0.2) is 22.7 Å². The molecule has 0 N–H and O–H groups in total. The average molecular weight is 329 g/mol. The lowest BCUT2D eigenvalue weighted by Gasteiger charge is -2.33. The van der Waals surface area contributed by atoms with Crippen molar-refractivity contribution >= 4 is 15.9 Å². The van der Waals surface area contributed by atoms with Crippen LogP contribution in [0.25, 0.3) is 0 Å². The number of halogens is 1. The molecule has 0 unspecified atom stereocenters. The summed E-state index contributed by atoms with van der Waals surface area (Å²) < 4.78 is 11.4. The van der Waals surface area contributed by atoms with Gasteiger partial charge in [-0.1, -0.05) is 40.7 Å². The molecule has 0 radical (unpaired) electrons. The van der Waals surface area contributed by atoms with Crippen molar-refractivity contribution in [2.45, 2.75) is 46.5 Å². The highest BCUT2D eigenvalue weighted by Gasteiger charge is 2.27. The van der Waals surface area contributed by atoms with Gasteiger partial charge in [0, 0.05) is 7.11 Å². The molecular weight excluding hydrogens is 304 g/mol. The van der Waals surface area contributed by atoms with Crippen molar-refractivity contribution in [2.75, 3.05) is 13.9 Å². The molecule has 0 aliphatic heterocycles. The largest absolute Gasteiger partial charge is 0.466 e. The van der Waals surface area contributed by atoms with Gasteiger partial charge in [0.05, 0.1) is 4.47 Å². The molecule has 0 saturated heterocycles. The lowest BCUT2D eigenvalue weighted by molar-refractivity contribution is 0.0505. The van der Waals surface area contributed by atoms with Gasteiger partial charge in [0.15, 0.2) is 6.79 Å². The fourth-order valence-corrected chi connectivity index (χ4v) is 3.08. The Morgan fingerprint density at radius 3 is 2.21 bits per heavy atom. The summed E-state index contributed by atoms with van der Waals surface area (Å²) >= 11 is 3.57. The SMILES string of the molecule is COCOc1ccc(C(C)(C)CC(C)(C)C)cc1Br. The highest BCUT2D eigenvalue weighted by Crippen LogP contribution is 2.38. The minimum absolute atomic E-state index is 0.139.